The van der Waals surface area contributed by atoms with Crippen molar-refractivity contribution in [3.8, 4) is 5.75 Å². The number of nitrogens with two attached hydrogens (primary N) is 5. The van der Waals surface area contributed by atoms with Crippen molar-refractivity contribution in [3.63, 3.8) is 0 Å². The molecule has 2 rings (SSSR count). The topological polar surface area (TPSA) is 167 Å². The van der Waals surface area contributed by atoms with Crippen LogP contribution >= 0.6 is 0 Å². The molecule has 11 N–H and O–H groups in total. The summed E-state index contributed by atoms with van der Waals surface area (Å²) in [4.78, 5) is 12.1. The molecular weight excluding hydrogens is 306 g/mol. The predicted molar refractivity (Wildman–Crippen MR) is 97.8 cm³/mol. The van der Waals surface area contributed by atoms with Crippen molar-refractivity contribution in [2.75, 3.05) is 23.7 Å². The van der Waals surface area contributed by atoms with E-state index in [9.17, 15) is 9.90 Å². The molecule has 0 aliphatic heterocycles. The van der Waals surface area contributed by atoms with Crippen molar-refractivity contribution in [1.29, 1.82) is 0 Å². The number of Topliss-reactive ketones (excluding diaryl/α,β-unsaturated/α-hetero) is 1. The van der Waals surface area contributed by atoms with Gasteiger partial charge in [0, 0.05) is 11.1 Å². The molecule has 0 aromatic heterocycles. The molecule has 2 atom stereocenters. The lowest BCUT2D eigenvalue weighted by molar-refractivity contribution is 0.0999. The third-order valence-electron chi connectivity index (χ3n) is 5.12. The van der Waals surface area contributed by atoms with Crippen LogP contribution in [0.1, 0.15) is 67.3 Å². The third-order valence-corrected chi connectivity index (χ3v) is 5.12. The Bertz CT molecular complexity index is 643. The van der Waals surface area contributed by atoms with Crippen LogP contribution < -0.4 is 28.7 Å². The van der Waals surface area contributed by atoms with E-state index in [0.29, 0.717) is 5.56 Å². The van der Waals surface area contributed by atoms with Crippen molar-refractivity contribution in [3.05, 3.63) is 11.1 Å². The summed E-state index contributed by atoms with van der Waals surface area (Å²) in [5.41, 5.74) is 30.4. The zero-order valence-corrected chi connectivity index (χ0v) is 14.3. The summed E-state index contributed by atoms with van der Waals surface area (Å²) in [5, 5.41) is 10.7. The summed E-state index contributed by atoms with van der Waals surface area (Å²) in [7, 11) is 0. The van der Waals surface area contributed by atoms with E-state index in [4.69, 9.17) is 28.7 Å². The van der Waals surface area contributed by atoms with Gasteiger partial charge in [-0.2, -0.15) is 0 Å². The van der Waals surface area contributed by atoms with E-state index in [0.717, 1.165) is 38.5 Å². The van der Waals surface area contributed by atoms with Gasteiger partial charge in [0.25, 0.3) is 0 Å². The highest BCUT2D eigenvalue weighted by molar-refractivity contribution is 6.09. The number of phenolic OH excluding ortho intramolecular Hbond substituents is 1. The van der Waals surface area contributed by atoms with Crippen LogP contribution in [0.4, 0.5) is 17.1 Å². The molecule has 1 aromatic carbocycles. The van der Waals surface area contributed by atoms with Gasteiger partial charge in [0.05, 0.1) is 29.2 Å². The van der Waals surface area contributed by atoms with Gasteiger partial charge in [-0.1, -0.05) is 12.8 Å². The number of hydrogen-bond donors (Lipinski definition) is 6. The van der Waals surface area contributed by atoms with Crippen LogP contribution in [0.2, 0.25) is 0 Å². The van der Waals surface area contributed by atoms with E-state index >= 15 is 0 Å². The van der Waals surface area contributed by atoms with Crippen LogP contribution in [0.5, 0.6) is 5.75 Å². The van der Waals surface area contributed by atoms with E-state index in [1.165, 1.54) is 0 Å². The van der Waals surface area contributed by atoms with E-state index in [1.54, 1.807) is 0 Å². The van der Waals surface area contributed by atoms with Crippen molar-refractivity contribution in [2.45, 2.75) is 56.9 Å². The largest absolute Gasteiger partial charge is 0.507 e. The molecule has 1 aliphatic carbocycles. The molecule has 0 amide bonds. The first-order valence-electron chi connectivity index (χ1n) is 8.41. The molecule has 0 heterocycles. The van der Waals surface area contributed by atoms with Gasteiger partial charge in [0.1, 0.15) is 5.75 Å². The zero-order valence-electron chi connectivity index (χ0n) is 14.3. The lowest BCUT2D eigenvalue weighted by Gasteiger charge is -2.32. The van der Waals surface area contributed by atoms with Crippen LogP contribution in [0.15, 0.2) is 0 Å². The molecule has 2 unspecified atom stereocenters. The number of aromatic hydroxyl groups is 1. The number of nitrogen functional groups attached to an aromatic ring is 3. The van der Waals surface area contributed by atoms with Crippen molar-refractivity contribution in [2.24, 2.45) is 11.5 Å². The summed E-state index contributed by atoms with van der Waals surface area (Å²) in [6, 6.07) is 0. The van der Waals surface area contributed by atoms with Gasteiger partial charge in [0.15, 0.2) is 5.78 Å². The molecule has 1 aromatic rings. The maximum absolute atomic E-state index is 12.1. The molecule has 1 saturated carbocycles. The first-order chi connectivity index (χ1) is 11.2. The fourth-order valence-electron chi connectivity index (χ4n) is 3.59. The van der Waals surface area contributed by atoms with Crippen molar-refractivity contribution >= 4 is 22.8 Å². The number of phenols is 1. The molecule has 0 bridgehead atoms. The number of hydrogen-bond acceptors (Lipinski definition) is 7. The highest BCUT2D eigenvalue weighted by atomic mass is 16.3. The van der Waals surface area contributed by atoms with E-state index in [2.05, 4.69) is 0 Å². The molecule has 7 heteroatoms. The number of rotatable bonds is 3. The van der Waals surface area contributed by atoms with E-state index in [1.807, 2.05) is 6.92 Å². The van der Waals surface area contributed by atoms with Crippen LogP contribution in [0.25, 0.3) is 0 Å². The second-order valence-electron chi connectivity index (χ2n) is 7.14. The minimum Gasteiger partial charge on any atom is -0.507 e. The molecule has 1 aliphatic rings. The molecule has 0 saturated heterocycles. The van der Waals surface area contributed by atoms with Crippen LogP contribution in [0.3, 0.4) is 0 Å². The highest BCUT2D eigenvalue weighted by Gasteiger charge is 2.30. The third kappa shape index (κ3) is 3.42. The second-order valence-corrected chi connectivity index (χ2v) is 7.14. The Morgan fingerprint density at radius 1 is 1.12 bits per heavy atom. The van der Waals surface area contributed by atoms with E-state index < -0.39 is 5.78 Å². The lowest BCUT2D eigenvalue weighted by Crippen LogP contribution is -2.37. The quantitative estimate of drug-likeness (QED) is 0.276. The highest BCUT2D eigenvalue weighted by Crippen LogP contribution is 2.46. The summed E-state index contributed by atoms with van der Waals surface area (Å²) in [5.74, 6) is -0.646. The fourth-order valence-corrected chi connectivity index (χ4v) is 3.59. The minimum absolute atomic E-state index is 0.00120. The average molecular weight is 335 g/mol. The van der Waals surface area contributed by atoms with Crippen molar-refractivity contribution < 1.29 is 9.90 Å². The number of benzene rings is 1. The van der Waals surface area contributed by atoms with E-state index in [-0.39, 0.29) is 46.4 Å². The van der Waals surface area contributed by atoms with Crippen LogP contribution in [0, 0.1) is 0 Å². The Kier molecular flexibility index (Phi) is 5.25. The molecule has 7 nitrogen and oxygen atoms in total. The first-order valence-corrected chi connectivity index (χ1v) is 8.41. The molecule has 24 heavy (non-hydrogen) atoms. The first kappa shape index (κ1) is 18.4. The number of carbonyl (C=O) groups is 1. The second kappa shape index (κ2) is 6.86. The maximum Gasteiger partial charge on any atom is 0.182 e. The van der Waals surface area contributed by atoms with Gasteiger partial charge in [-0.3, -0.25) is 4.79 Å². The lowest BCUT2D eigenvalue weighted by atomic mass is 9.78. The van der Waals surface area contributed by atoms with Crippen LogP contribution in [-0.2, 0) is 0 Å². The summed E-state index contributed by atoms with van der Waals surface area (Å²) >= 11 is 0. The summed E-state index contributed by atoms with van der Waals surface area (Å²) in [6.45, 7) is 1.78. The van der Waals surface area contributed by atoms with Gasteiger partial charge < -0.3 is 33.8 Å². The maximum atomic E-state index is 12.1. The number of anilines is 3. The standard InChI is InChI=1S/C17H29N5O2/c1-17(22)6-3-2-4-9(5-7-17)11-13(19)15(21)14(20)12(16(11)24)10(23)8-18/h9,24H,2-8,18-22H2,1H3. The molecule has 1 fully saturated rings. The Morgan fingerprint density at radius 3 is 2.42 bits per heavy atom. The van der Waals surface area contributed by atoms with Gasteiger partial charge in [-0.25, -0.2) is 0 Å². The van der Waals surface area contributed by atoms with Crippen molar-refractivity contribution in [1.82, 2.24) is 0 Å². The molecule has 0 spiro atoms. The van der Waals surface area contributed by atoms with Gasteiger partial charge in [-0.05, 0) is 38.5 Å². The summed E-state index contributed by atoms with van der Waals surface area (Å²) < 4.78 is 0. The zero-order chi connectivity index (χ0) is 18.1. The Labute approximate surface area is 142 Å². The van der Waals surface area contributed by atoms with Gasteiger partial charge in [-0.15, -0.1) is 0 Å². The number of carbonyl (C=O) groups excluding carboxylic acids is 1. The summed E-state index contributed by atoms with van der Waals surface area (Å²) in [6.07, 6.45) is 5.39. The smallest absolute Gasteiger partial charge is 0.182 e. The molecular formula is C17H29N5O2. The monoisotopic (exact) mass is 335 g/mol. The van der Waals surface area contributed by atoms with Gasteiger partial charge >= 0.3 is 0 Å². The minimum atomic E-state index is -0.451. The van der Waals surface area contributed by atoms with Crippen LogP contribution in [-0.4, -0.2) is 23.0 Å². The molecule has 134 valence electrons. The normalized spacial score (nSPS) is 25.0. The number of ketones is 1. The SMILES string of the molecule is CC1(N)CCCCC(c2c(N)c(N)c(N)c(C(=O)CN)c2O)CC1. The Balaban J connectivity index is 2.52. The Morgan fingerprint density at radius 2 is 1.79 bits per heavy atom. The predicted octanol–water partition coefficient (Wildman–Crippen LogP) is 1.44. The van der Waals surface area contributed by atoms with Gasteiger partial charge in [0.2, 0.25) is 0 Å². The average Bonchev–Trinajstić information content (AvgIpc) is 2.52. The molecule has 0 radical (unpaired) electrons. The Hall–Kier alpha value is -1.99. The fraction of sp³-hybridized carbons (Fsp3) is 0.588.